The molecule has 20 heavy (non-hydrogen) atoms. The highest BCUT2D eigenvalue weighted by Gasteiger charge is 2.26. The molecule has 0 saturated heterocycles. The topological polar surface area (TPSA) is 139 Å². The maximum absolute atomic E-state index is 11.1. The van der Waals surface area contributed by atoms with E-state index in [2.05, 4.69) is 20.7 Å². The zero-order valence-electron chi connectivity index (χ0n) is 11.2. The zero-order chi connectivity index (χ0) is 14.7. The molecule has 9 nitrogen and oxygen atoms in total. The van der Waals surface area contributed by atoms with Gasteiger partial charge < -0.3 is 10.4 Å². The van der Waals surface area contributed by atoms with E-state index in [4.69, 9.17) is 5.84 Å². The molecule has 1 aliphatic rings. The lowest BCUT2D eigenvalue weighted by Gasteiger charge is -2.26. The normalized spacial score (nSPS) is 22.4. The van der Waals surface area contributed by atoms with Gasteiger partial charge in [-0.1, -0.05) is 0 Å². The van der Waals surface area contributed by atoms with Gasteiger partial charge in [0.1, 0.15) is 5.69 Å². The van der Waals surface area contributed by atoms with Gasteiger partial charge in [-0.15, -0.1) is 0 Å². The number of aliphatic hydroxyl groups is 1. The van der Waals surface area contributed by atoms with E-state index in [1.54, 1.807) is 0 Å². The molecule has 5 N–H and O–H groups in total. The first kappa shape index (κ1) is 14.4. The van der Waals surface area contributed by atoms with Gasteiger partial charge in [-0.3, -0.25) is 15.5 Å². The average molecular weight is 282 g/mol. The molecule has 1 fully saturated rings. The first-order valence-electron chi connectivity index (χ1n) is 6.45. The first-order valence-corrected chi connectivity index (χ1v) is 6.45. The smallest absolute Gasteiger partial charge is 0.332 e. The number of nitrogen functional groups attached to an aromatic ring is 1. The van der Waals surface area contributed by atoms with Crippen LogP contribution in [0.25, 0.3) is 0 Å². The highest BCUT2D eigenvalue weighted by atomic mass is 16.6. The summed E-state index contributed by atoms with van der Waals surface area (Å²) >= 11 is 0. The quantitative estimate of drug-likeness (QED) is 0.359. The highest BCUT2D eigenvalue weighted by molar-refractivity contribution is 5.61. The number of nitrogens with zero attached hydrogens (tertiary/aromatic N) is 3. The summed E-state index contributed by atoms with van der Waals surface area (Å²) in [5.74, 6) is 5.55. The third-order valence-corrected chi connectivity index (χ3v) is 3.41. The maximum atomic E-state index is 11.1. The summed E-state index contributed by atoms with van der Waals surface area (Å²) in [5.41, 5.74) is 2.40. The SMILES string of the molecule is Cc1nc(NN)nc(NC2CCC(O)CC2)c1[N+](=O)[O-]. The van der Waals surface area contributed by atoms with Crippen molar-refractivity contribution in [3.05, 3.63) is 15.8 Å². The van der Waals surface area contributed by atoms with Crippen LogP contribution in [-0.2, 0) is 0 Å². The van der Waals surface area contributed by atoms with Crippen molar-refractivity contribution < 1.29 is 10.0 Å². The minimum Gasteiger partial charge on any atom is -0.393 e. The van der Waals surface area contributed by atoms with E-state index in [9.17, 15) is 15.2 Å². The Labute approximate surface area is 115 Å². The van der Waals surface area contributed by atoms with Crippen LogP contribution in [0.5, 0.6) is 0 Å². The third kappa shape index (κ3) is 3.11. The van der Waals surface area contributed by atoms with Crippen LogP contribution in [0.2, 0.25) is 0 Å². The van der Waals surface area contributed by atoms with Crippen LogP contribution in [0.15, 0.2) is 0 Å². The summed E-state index contributed by atoms with van der Waals surface area (Å²) in [4.78, 5) is 18.6. The molecule has 1 heterocycles. The number of hydrazine groups is 1. The molecule has 2 rings (SSSR count). The van der Waals surface area contributed by atoms with Gasteiger partial charge in [0.25, 0.3) is 0 Å². The molecule has 0 aliphatic heterocycles. The van der Waals surface area contributed by atoms with Crippen molar-refractivity contribution in [3.63, 3.8) is 0 Å². The first-order chi connectivity index (χ1) is 9.51. The molecule has 1 aliphatic carbocycles. The van der Waals surface area contributed by atoms with Crippen molar-refractivity contribution in [2.24, 2.45) is 5.84 Å². The van der Waals surface area contributed by atoms with Crippen molar-refractivity contribution in [2.45, 2.75) is 44.8 Å². The highest BCUT2D eigenvalue weighted by Crippen LogP contribution is 2.29. The Kier molecular flexibility index (Phi) is 4.30. The Hall–Kier alpha value is -2.00. The molecule has 9 heteroatoms. The van der Waals surface area contributed by atoms with Crippen molar-refractivity contribution in [1.82, 2.24) is 9.97 Å². The summed E-state index contributed by atoms with van der Waals surface area (Å²) in [6.45, 7) is 1.54. The second-order valence-corrected chi connectivity index (χ2v) is 4.88. The zero-order valence-corrected chi connectivity index (χ0v) is 11.2. The predicted molar refractivity (Wildman–Crippen MR) is 73.1 cm³/mol. The summed E-state index contributed by atoms with van der Waals surface area (Å²) in [6.07, 6.45) is 2.56. The van der Waals surface area contributed by atoms with Gasteiger partial charge in [-0.2, -0.15) is 4.98 Å². The summed E-state index contributed by atoms with van der Waals surface area (Å²) in [7, 11) is 0. The van der Waals surface area contributed by atoms with Crippen molar-refractivity contribution in [2.75, 3.05) is 10.7 Å². The number of nitrogens with one attached hydrogen (secondary N) is 2. The van der Waals surface area contributed by atoms with Crippen LogP contribution in [0.3, 0.4) is 0 Å². The average Bonchev–Trinajstić information content (AvgIpc) is 2.40. The molecule has 0 radical (unpaired) electrons. The Morgan fingerprint density at radius 3 is 2.55 bits per heavy atom. The van der Waals surface area contributed by atoms with E-state index >= 15 is 0 Å². The predicted octanol–water partition coefficient (Wildman–Crippen LogP) is 0.694. The molecule has 0 unspecified atom stereocenters. The number of nitro groups is 1. The number of anilines is 2. The van der Waals surface area contributed by atoms with Gasteiger partial charge in [-0.05, 0) is 32.6 Å². The van der Waals surface area contributed by atoms with Crippen molar-refractivity contribution >= 4 is 17.5 Å². The van der Waals surface area contributed by atoms with Crippen LogP contribution in [-0.4, -0.2) is 32.1 Å². The van der Waals surface area contributed by atoms with Gasteiger partial charge in [0.2, 0.25) is 11.8 Å². The van der Waals surface area contributed by atoms with Gasteiger partial charge in [0.05, 0.1) is 11.0 Å². The second kappa shape index (κ2) is 5.97. The Morgan fingerprint density at radius 2 is 2.00 bits per heavy atom. The van der Waals surface area contributed by atoms with E-state index in [-0.39, 0.29) is 35.3 Å². The third-order valence-electron chi connectivity index (χ3n) is 3.41. The molecule has 0 amide bonds. The van der Waals surface area contributed by atoms with E-state index in [1.165, 1.54) is 6.92 Å². The Balaban J connectivity index is 2.24. The minimum atomic E-state index is -0.504. The summed E-state index contributed by atoms with van der Waals surface area (Å²) in [6, 6.07) is 0.0528. The van der Waals surface area contributed by atoms with E-state index < -0.39 is 4.92 Å². The Morgan fingerprint density at radius 1 is 1.35 bits per heavy atom. The van der Waals surface area contributed by atoms with E-state index in [0.717, 1.165) is 12.8 Å². The number of rotatable bonds is 4. The number of aliphatic hydroxyl groups excluding tert-OH is 1. The lowest BCUT2D eigenvalue weighted by atomic mass is 9.93. The number of nitrogens with two attached hydrogens (primary N) is 1. The van der Waals surface area contributed by atoms with Crippen LogP contribution in [0.4, 0.5) is 17.5 Å². The molecule has 0 bridgehead atoms. The fourth-order valence-corrected chi connectivity index (χ4v) is 2.36. The fourth-order valence-electron chi connectivity index (χ4n) is 2.36. The number of hydrogen-bond acceptors (Lipinski definition) is 8. The lowest BCUT2D eigenvalue weighted by molar-refractivity contribution is -0.385. The summed E-state index contributed by atoms with van der Waals surface area (Å²) in [5, 5.41) is 23.7. The monoisotopic (exact) mass is 282 g/mol. The fraction of sp³-hybridized carbons (Fsp3) is 0.636. The number of aryl methyl sites for hydroxylation is 1. The molecule has 1 aromatic heterocycles. The van der Waals surface area contributed by atoms with Gasteiger partial charge in [-0.25, -0.2) is 10.8 Å². The number of aromatic nitrogens is 2. The molecule has 1 aromatic rings. The van der Waals surface area contributed by atoms with Crippen LogP contribution >= 0.6 is 0 Å². The van der Waals surface area contributed by atoms with Crippen molar-refractivity contribution in [1.29, 1.82) is 0 Å². The second-order valence-electron chi connectivity index (χ2n) is 4.88. The van der Waals surface area contributed by atoms with Crippen molar-refractivity contribution in [3.8, 4) is 0 Å². The standard InChI is InChI=1S/C11H18N6O3/c1-6-9(17(19)20)10(15-11(13-6)16-12)14-7-2-4-8(18)5-3-7/h7-8,18H,2-5,12H2,1H3,(H2,13,14,15,16). The van der Waals surface area contributed by atoms with Gasteiger partial charge >= 0.3 is 5.69 Å². The minimum absolute atomic E-state index is 0.0528. The summed E-state index contributed by atoms with van der Waals surface area (Å²) < 4.78 is 0. The van der Waals surface area contributed by atoms with Crippen LogP contribution in [0, 0.1) is 17.0 Å². The molecule has 0 atom stereocenters. The molecule has 0 aromatic carbocycles. The molecule has 0 spiro atoms. The lowest BCUT2D eigenvalue weighted by Crippen LogP contribution is -2.29. The van der Waals surface area contributed by atoms with Gasteiger partial charge in [0, 0.05) is 6.04 Å². The molecular formula is C11H18N6O3. The van der Waals surface area contributed by atoms with Crippen LogP contribution in [0.1, 0.15) is 31.4 Å². The van der Waals surface area contributed by atoms with Gasteiger partial charge in [0.15, 0.2) is 0 Å². The van der Waals surface area contributed by atoms with E-state index in [0.29, 0.717) is 12.8 Å². The largest absolute Gasteiger partial charge is 0.393 e. The van der Waals surface area contributed by atoms with Crippen LogP contribution < -0.4 is 16.6 Å². The molecule has 110 valence electrons. The molecule has 1 saturated carbocycles. The molecular weight excluding hydrogens is 264 g/mol. The Bertz CT molecular complexity index is 501. The number of hydrogen-bond donors (Lipinski definition) is 4. The maximum Gasteiger partial charge on any atom is 0.332 e. The van der Waals surface area contributed by atoms with E-state index in [1.807, 2.05) is 0 Å².